The van der Waals surface area contributed by atoms with Crippen LogP contribution in [0.1, 0.15) is 11.7 Å². The second-order valence-corrected chi connectivity index (χ2v) is 5.44. The Labute approximate surface area is 133 Å². The molecule has 0 saturated carbocycles. The van der Waals surface area contributed by atoms with Crippen molar-refractivity contribution in [2.45, 2.75) is 6.10 Å². The lowest BCUT2D eigenvalue weighted by Gasteiger charge is -2.32. The SMILES string of the molecule is COc1ccc(C2ON=C(Br)C23C(=O)NC(=O)NC3=O)cc1. The number of ether oxygens (including phenoxy) is 1. The maximum Gasteiger partial charge on any atom is 0.328 e. The minimum Gasteiger partial charge on any atom is -0.497 e. The summed E-state index contributed by atoms with van der Waals surface area (Å²) in [6.07, 6.45) is -0.999. The molecule has 114 valence electrons. The second kappa shape index (κ2) is 5.09. The Morgan fingerprint density at radius 2 is 1.77 bits per heavy atom. The van der Waals surface area contributed by atoms with E-state index in [-0.39, 0.29) is 4.62 Å². The molecule has 4 amide bonds. The number of urea groups is 1. The fourth-order valence-corrected chi connectivity index (χ4v) is 3.06. The molecule has 2 aliphatic heterocycles. The Hall–Kier alpha value is -2.42. The number of halogens is 1. The molecule has 0 aliphatic carbocycles. The van der Waals surface area contributed by atoms with Gasteiger partial charge in [0.2, 0.25) is 5.41 Å². The minimum absolute atomic E-state index is 0.00307. The van der Waals surface area contributed by atoms with Gasteiger partial charge in [0.1, 0.15) is 5.75 Å². The second-order valence-electron chi connectivity index (χ2n) is 4.69. The Bertz CT molecular complexity index is 680. The molecule has 1 aromatic rings. The van der Waals surface area contributed by atoms with Crippen molar-refractivity contribution in [2.75, 3.05) is 7.11 Å². The summed E-state index contributed by atoms with van der Waals surface area (Å²) < 4.78 is 5.07. The molecule has 1 atom stereocenters. The van der Waals surface area contributed by atoms with Gasteiger partial charge in [0.15, 0.2) is 10.7 Å². The van der Waals surface area contributed by atoms with Gasteiger partial charge in [-0.3, -0.25) is 20.2 Å². The third kappa shape index (κ3) is 1.89. The fourth-order valence-electron chi connectivity index (χ4n) is 2.41. The molecule has 1 spiro atoms. The Morgan fingerprint density at radius 1 is 1.18 bits per heavy atom. The predicted molar refractivity (Wildman–Crippen MR) is 77.3 cm³/mol. The number of nitrogens with zero attached hydrogens (tertiary/aromatic N) is 1. The summed E-state index contributed by atoms with van der Waals surface area (Å²) in [7, 11) is 1.52. The van der Waals surface area contributed by atoms with Gasteiger partial charge in [0.05, 0.1) is 7.11 Å². The maximum absolute atomic E-state index is 12.3. The number of imide groups is 2. The van der Waals surface area contributed by atoms with Gasteiger partial charge in [0.25, 0.3) is 11.8 Å². The molecular weight excluding hydrogens is 358 g/mol. The number of oxime groups is 1. The summed E-state index contributed by atoms with van der Waals surface area (Å²) in [5.41, 5.74) is -1.23. The van der Waals surface area contributed by atoms with Crippen LogP contribution >= 0.6 is 15.9 Å². The lowest BCUT2D eigenvalue weighted by molar-refractivity contribution is -0.145. The number of nitrogens with one attached hydrogen (secondary N) is 2. The lowest BCUT2D eigenvalue weighted by atomic mass is 9.77. The summed E-state index contributed by atoms with van der Waals surface area (Å²) in [5, 5.41) is 7.85. The molecule has 8 nitrogen and oxygen atoms in total. The predicted octanol–water partition coefficient (Wildman–Crippen LogP) is 0.827. The first-order valence-corrected chi connectivity index (χ1v) is 7.00. The summed E-state index contributed by atoms with van der Waals surface area (Å²) in [6.45, 7) is 0. The van der Waals surface area contributed by atoms with Crippen molar-refractivity contribution in [3.05, 3.63) is 29.8 Å². The topological polar surface area (TPSA) is 106 Å². The number of rotatable bonds is 2. The van der Waals surface area contributed by atoms with Crippen molar-refractivity contribution in [2.24, 2.45) is 10.6 Å². The summed E-state index contributed by atoms with van der Waals surface area (Å²) in [6, 6.07) is 5.78. The monoisotopic (exact) mass is 367 g/mol. The van der Waals surface area contributed by atoms with Crippen LogP contribution in [-0.2, 0) is 14.4 Å². The molecule has 0 aromatic heterocycles. The number of carbonyl (C=O) groups excluding carboxylic acids is 3. The number of carbonyl (C=O) groups is 3. The highest BCUT2D eigenvalue weighted by molar-refractivity contribution is 9.18. The van der Waals surface area contributed by atoms with Crippen LogP contribution in [0.4, 0.5) is 4.79 Å². The zero-order chi connectivity index (χ0) is 15.9. The Balaban J connectivity index is 2.06. The molecule has 0 bridgehead atoms. The number of methoxy groups -OCH3 is 1. The third-order valence-corrected chi connectivity index (χ3v) is 4.32. The van der Waals surface area contributed by atoms with Crippen LogP contribution in [0.15, 0.2) is 29.4 Å². The van der Waals surface area contributed by atoms with Crippen molar-refractivity contribution in [1.82, 2.24) is 10.6 Å². The van der Waals surface area contributed by atoms with Crippen LogP contribution in [0, 0.1) is 5.41 Å². The number of barbiturate groups is 1. The van der Waals surface area contributed by atoms with Crippen LogP contribution in [0.3, 0.4) is 0 Å². The fraction of sp³-hybridized carbons (Fsp3) is 0.231. The van der Waals surface area contributed by atoms with Crippen molar-refractivity contribution >= 4 is 38.4 Å². The van der Waals surface area contributed by atoms with Gasteiger partial charge in [-0.05, 0) is 33.6 Å². The summed E-state index contributed by atoms with van der Waals surface area (Å²) in [5.74, 6) is -0.978. The van der Waals surface area contributed by atoms with E-state index in [2.05, 4.69) is 31.7 Å². The number of hydrogen-bond donors (Lipinski definition) is 2. The molecule has 1 saturated heterocycles. The normalized spacial score (nSPS) is 22.7. The van der Waals surface area contributed by atoms with Crippen LogP contribution in [0.25, 0.3) is 0 Å². The van der Waals surface area contributed by atoms with Crippen LogP contribution in [-0.4, -0.2) is 29.6 Å². The number of benzene rings is 1. The summed E-state index contributed by atoms with van der Waals surface area (Å²) in [4.78, 5) is 41.2. The zero-order valence-electron chi connectivity index (χ0n) is 11.3. The largest absolute Gasteiger partial charge is 0.497 e. The molecule has 1 unspecified atom stereocenters. The average molecular weight is 368 g/mol. The van der Waals surface area contributed by atoms with Crippen LogP contribution in [0.5, 0.6) is 5.75 Å². The van der Waals surface area contributed by atoms with Crippen LogP contribution < -0.4 is 15.4 Å². The van der Waals surface area contributed by atoms with E-state index in [0.29, 0.717) is 11.3 Å². The highest BCUT2D eigenvalue weighted by Gasteiger charge is 2.64. The standard InChI is InChI=1S/C13H10BrN3O5/c1-21-7-4-2-6(3-5-7)8-13(9(14)17-22-8)10(18)15-12(20)16-11(13)19/h2-5,8H,1H3,(H2,15,16,18,19,20). The van der Waals surface area contributed by atoms with Gasteiger partial charge in [-0.25, -0.2) is 4.79 Å². The van der Waals surface area contributed by atoms with Gasteiger partial charge >= 0.3 is 6.03 Å². The molecule has 3 rings (SSSR count). The van der Waals surface area contributed by atoms with Gasteiger partial charge in [-0.15, -0.1) is 0 Å². The van der Waals surface area contributed by atoms with E-state index in [1.807, 2.05) is 0 Å². The first-order valence-electron chi connectivity index (χ1n) is 6.20. The third-order valence-electron chi connectivity index (χ3n) is 3.55. The van der Waals surface area contributed by atoms with Crippen molar-refractivity contribution in [3.63, 3.8) is 0 Å². The lowest BCUT2D eigenvalue weighted by Crippen LogP contribution is -2.65. The van der Waals surface area contributed by atoms with E-state index in [1.54, 1.807) is 24.3 Å². The van der Waals surface area contributed by atoms with Gasteiger partial charge in [0, 0.05) is 0 Å². The highest BCUT2D eigenvalue weighted by atomic mass is 79.9. The molecule has 1 fully saturated rings. The first kappa shape index (κ1) is 14.5. The van der Waals surface area contributed by atoms with Crippen molar-refractivity contribution < 1.29 is 24.0 Å². The van der Waals surface area contributed by atoms with E-state index in [0.717, 1.165) is 0 Å². The number of amides is 4. The van der Waals surface area contributed by atoms with Gasteiger partial charge in [-0.1, -0.05) is 17.3 Å². The molecule has 9 heteroatoms. The van der Waals surface area contributed by atoms with E-state index in [1.165, 1.54) is 7.11 Å². The Kier molecular flexibility index (Phi) is 3.36. The average Bonchev–Trinajstić information content (AvgIpc) is 2.84. The van der Waals surface area contributed by atoms with E-state index in [9.17, 15) is 14.4 Å². The summed E-state index contributed by atoms with van der Waals surface area (Å²) >= 11 is 3.09. The highest BCUT2D eigenvalue weighted by Crippen LogP contribution is 2.46. The van der Waals surface area contributed by atoms with E-state index >= 15 is 0 Å². The maximum atomic E-state index is 12.3. The molecular formula is C13H10BrN3O5. The van der Waals surface area contributed by atoms with Crippen LogP contribution in [0.2, 0.25) is 0 Å². The molecule has 2 aliphatic rings. The smallest absolute Gasteiger partial charge is 0.328 e. The number of hydrogen-bond acceptors (Lipinski definition) is 6. The molecule has 1 aromatic carbocycles. The van der Waals surface area contributed by atoms with Crippen molar-refractivity contribution in [3.8, 4) is 5.75 Å². The van der Waals surface area contributed by atoms with E-state index < -0.39 is 29.4 Å². The molecule has 2 heterocycles. The Morgan fingerprint density at radius 3 is 2.32 bits per heavy atom. The quantitative estimate of drug-likeness (QED) is 0.753. The van der Waals surface area contributed by atoms with Crippen molar-refractivity contribution in [1.29, 1.82) is 0 Å². The minimum atomic E-state index is -1.78. The van der Waals surface area contributed by atoms with Gasteiger partial charge in [-0.2, -0.15) is 0 Å². The van der Waals surface area contributed by atoms with E-state index in [4.69, 9.17) is 9.57 Å². The molecule has 0 radical (unpaired) electrons. The zero-order valence-corrected chi connectivity index (χ0v) is 12.8. The molecule has 22 heavy (non-hydrogen) atoms. The van der Waals surface area contributed by atoms with Gasteiger partial charge < -0.3 is 9.57 Å². The first-order chi connectivity index (χ1) is 10.5. The molecule has 2 N–H and O–H groups in total.